The summed E-state index contributed by atoms with van der Waals surface area (Å²) >= 11 is 0. The number of fused-ring (bicyclic) bond motifs is 2. The van der Waals surface area contributed by atoms with Gasteiger partial charge in [-0.3, -0.25) is 19.5 Å². The van der Waals surface area contributed by atoms with Gasteiger partial charge in [-0.05, 0) is 12.5 Å². The number of H-pyrrole nitrogens is 1. The molecule has 1 aliphatic rings. The fourth-order valence-electron chi connectivity index (χ4n) is 3.67. The minimum Gasteiger partial charge on any atom is -0.468 e. The highest BCUT2D eigenvalue weighted by Gasteiger charge is 2.29. The van der Waals surface area contributed by atoms with Gasteiger partial charge in [-0.2, -0.15) is 5.10 Å². The molecule has 4 rings (SSSR count). The topological polar surface area (TPSA) is 109 Å². The van der Waals surface area contributed by atoms with E-state index >= 15 is 0 Å². The molecule has 2 N–H and O–H groups in total. The van der Waals surface area contributed by atoms with Crippen LogP contribution in [0.2, 0.25) is 0 Å². The van der Waals surface area contributed by atoms with Gasteiger partial charge in [0.05, 0.1) is 24.9 Å². The second-order valence-corrected chi connectivity index (χ2v) is 6.94. The Labute approximate surface area is 166 Å². The number of para-hydroxylation sites is 1. The maximum atomic E-state index is 13.1. The van der Waals surface area contributed by atoms with Crippen LogP contribution in [0.25, 0.3) is 10.9 Å². The molecule has 2 aromatic heterocycles. The van der Waals surface area contributed by atoms with Gasteiger partial charge in [0.2, 0.25) is 0 Å². The second-order valence-electron chi connectivity index (χ2n) is 6.94. The van der Waals surface area contributed by atoms with Crippen molar-refractivity contribution in [2.75, 3.05) is 20.2 Å². The molecular weight excluding hydrogens is 374 g/mol. The van der Waals surface area contributed by atoms with Gasteiger partial charge in [0.1, 0.15) is 6.54 Å². The van der Waals surface area contributed by atoms with Gasteiger partial charge < -0.3 is 19.5 Å². The number of aromatic nitrogens is 3. The van der Waals surface area contributed by atoms with Gasteiger partial charge in [-0.1, -0.05) is 18.2 Å². The maximum absolute atomic E-state index is 13.1. The van der Waals surface area contributed by atoms with Gasteiger partial charge in [0.15, 0.2) is 5.69 Å². The summed E-state index contributed by atoms with van der Waals surface area (Å²) in [4.78, 5) is 38.4. The van der Waals surface area contributed by atoms with Crippen LogP contribution in [0.15, 0.2) is 30.5 Å². The normalized spacial score (nSPS) is 13.2. The van der Waals surface area contributed by atoms with Crippen LogP contribution in [0.1, 0.15) is 32.1 Å². The quantitative estimate of drug-likeness (QED) is 0.641. The molecule has 0 atom stereocenters. The van der Waals surface area contributed by atoms with Crippen molar-refractivity contribution in [3.05, 3.63) is 53.0 Å². The zero-order valence-electron chi connectivity index (χ0n) is 16.2. The average Bonchev–Trinajstić information content (AvgIpc) is 3.32. The van der Waals surface area contributed by atoms with Crippen LogP contribution >= 0.6 is 0 Å². The number of aromatic amines is 1. The molecule has 0 bridgehead atoms. The maximum Gasteiger partial charge on any atom is 0.325 e. The van der Waals surface area contributed by atoms with Gasteiger partial charge in [0.25, 0.3) is 11.8 Å². The molecule has 0 aliphatic carbocycles. The number of benzene rings is 1. The van der Waals surface area contributed by atoms with E-state index in [0.717, 1.165) is 22.2 Å². The summed E-state index contributed by atoms with van der Waals surface area (Å²) in [6, 6.07) is 7.79. The van der Waals surface area contributed by atoms with E-state index in [-0.39, 0.29) is 18.1 Å². The molecule has 2 amide bonds. The Bertz CT molecular complexity index is 1110. The number of nitrogens with zero attached hydrogens (tertiary/aromatic N) is 3. The fraction of sp³-hybridized carbons (Fsp3) is 0.300. The number of esters is 1. The van der Waals surface area contributed by atoms with E-state index in [4.69, 9.17) is 0 Å². The minimum atomic E-state index is -0.533. The van der Waals surface area contributed by atoms with E-state index in [0.29, 0.717) is 25.1 Å². The fourth-order valence-corrected chi connectivity index (χ4v) is 3.67. The van der Waals surface area contributed by atoms with Gasteiger partial charge in [0, 0.05) is 36.3 Å². The van der Waals surface area contributed by atoms with Crippen molar-refractivity contribution in [2.24, 2.45) is 7.05 Å². The average molecular weight is 395 g/mol. The van der Waals surface area contributed by atoms with Gasteiger partial charge in [-0.15, -0.1) is 0 Å². The molecule has 29 heavy (non-hydrogen) atoms. The molecule has 1 aliphatic heterocycles. The van der Waals surface area contributed by atoms with Crippen molar-refractivity contribution in [3.63, 3.8) is 0 Å². The number of ether oxygens (including phenoxy) is 1. The summed E-state index contributed by atoms with van der Waals surface area (Å²) in [6.45, 7) is 0.600. The first-order chi connectivity index (χ1) is 14.0. The van der Waals surface area contributed by atoms with Crippen molar-refractivity contribution in [1.82, 2.24) is 25.0 Å². The standard InChI is InChI=1S/C20H21N5O4/c1-24-10-14(12-5-3-4-6-16(12)24)20(28)25-8-7-13-15(11-25)22-23-18(13)19(27)21-9-17(26)29-2/h3-6,10H,7-9,11H2,1-2H3,(H,21,27)(H,22,23). The first-order valence-electron chi connectivity index (χ1n) is 9.24. The zero-order chi connectivity index (χ0) is 20.5. The van der Waals surface area contributed by atoms with Gasteiger partial charge in [-0.25, -0.2) is 0 Å². The first kappa shape index (κ1) is 18.7. The highest BCUT2D eigenvalue weighted by atomic mass is 16.5. The van der Waals surface area contributed by atoms with Crippen LogP contribution < -0.4 is 5.32 Å². The Kier molecular flexibility index (Phi) is 4.79. The van der Waals surface area contributed by atoms with Crippen molar-refractivity contribution < 1.29 is 19.1 Å². The van der Waals surface area contributed by atoms with E-state index < -0.39 is 11.9 Å². The van der Waals surface area contributed by atoms with Crippen LogP contribution in [-0.4, -0.2) is 57.6 Å². The molecule has 0 saturated carbocycles. The molecule has 1 aromatic carbocycles. The number of aryl methyl sites for hydroxylation is 1. The molecule has 0 saturated heterocycles. The zero-order valence-corrected chi connectivity index (χ0v) is 16.2. The Morgan fingerprint density at radius 2 is 2.07 bits per heavy atom. The number of methoxy groups -OCH3 is 1. The molecule has 150 valence electrons. The van der Waals surface area contributed by atoms with E-state index in [2.05, 4.69) is 20.3 Å². The molecule has 0 unspecified atom stereocenters. The number of hydrogen-bond acceptors (Lipinski definition) is 5. The van der Waals surface area contributed by atoms with Crippen LogP contribution in [0.3, 0.4) is 0 Å². The summed E-state index contributed by atoms with van der Waals surface area (Å²) in [6.07, 6.45) is 2.35. The number of rotatable bonds is 4. The van der Waals surface area contributed by atoms with E-state index in [1.807, 2.05) is 42.1 Å². The number of hydrogen-bond donors (Lipinski definition) is 2. The number of amides is 2. The second kappa shape index (κ2) is 7.42. The SMILES string of the molecule is COC(=O)CNC(=O)c1n[nH]c2c1CCN(C(=O)c1cn(C)c3ccccc13)C2. The van der Waals surface area contributed by atoms with E-state index in [1.54, 1.807) is 4.90 Å². The lowest BCUT2D eigenvalue weighted by Crippen LogP contribution is -2.37. The third-order valence-electron chi connectivity index (χ3n) is 5.18. The predicted octanol–water partition coefficient (Wildman–Crippen LogP) is 1.00. The van der Waals surface area contributed by atoms with Crippen molar-refractivity contribution in [1.29, 1.82) is 0 Å². The summed E-state index contributed by atoms with van der Waals surface area (Å²) in [7, 11) is 3.17. The molecule has 3 aromatic rings. The van der Waals surface area contributed by atoms with Crippen molar-refractivity contribution in [2.45, 2.75) is 13.0 Å². The first-order valence-corrected chi connectivity index (χ1v) is 9.24. The van der Waals surface area contributed by atoms with Crippen molar-refractivity contribution in [3.8, 4) is 0 Å². The Morgan fingerprint density at radius 3 is 2.86 bits per heavy atom. The lowest BCUT2D eigenvalue weighted by atomic mass is 10.0. The highest BCUT2D eigenvalue weighted by molar-refractivity contribution is 6.07. The number of nitrogens with one attached hydrogen (secondary N) is 2. The summed E-state index contributed by atoms with van der Waals surface area (Å²) in [5, 5.41) is 10.4. The Morgan fingerprint density at radius 1 is 1.28 bits per heavy atom. The third kappa shape index (κ3) is 3.35. The summed E-state index contributed by atoms with van der Waals surface area (Å²) in [5.41, 5.74) is 3.41. The lowest BCUT2D eigenvalue weighted by molar-refractivity contribution is -0.139. The highest BCUT2D eigenvalue weighted by Crippen LogP contribution is 2.25. The molecule has 3 heterocycles. The number of carbonyl (C=O) groups excluding carboxylic acids is 3. The Balaban J connectivity index is 1.52. The molecular formula is C20H21N5O4. The minimum absolute atomic E-state index is 0.0567. The van der Waals surface area contributed by atoms with Crippen LogP contribution in [0.4, 0.5) is 0 Å². The molecule has 9 nitrogen and oxygen atoms in total. The van der Waals surface area contributed by atoms with E-state index in [1.165, 1.54) is 7.11 Å². The summed E-state index contributed by atoms with van der Waals surface area (Å²) in [5.74, 6) is -1.03. The predicted molar refractivity (Wildman–Crippen MR) is 104 cm³/mol. The Hall–Kier alpha value is -3.62. The summed E-state index contributed by atoms with van der Waals surface area (Å²) < 4.78 is 6.46. The molecule has 0 fully saturated rings. The van der Waals surface area contributed by atoms with Crippen molar-refractivity contribution >= 4 is 28.7 Å². The van der Waals surface area contributed by atoms with Crippen LogP contribution in [0, 0.1) is 0 Å². The molecule has 9 heteroatoms. The van der Waals surface area contributed by atoms with Crippen LogP contribution in [-0.2, 0) is 29.5 Å². The van der Waals surface area contributed by atoms with E-state index in [9.17, 15) is 14.4 Å². The molecule has 0 spiro atoms. The monoisotopic (exact) mass is 395 g/mol. The van der Waals surface area contributed by atoms with Crippen LogP contribution in [0.5, 0.6) is 0 Å². The lowest BCUT2D eigenvalue weighted by Gasteiger charge is -2.26. The largest absolute Gasteiger partial charge is 0.468 e. The third-order valence-corrected chi connectivity index (χ3v) is 5.18. The number of carbonyl (C=O) groups is 3. The van der Waals surface area contributed by atoms with Gasteiger partial charge >= 0.3 is 5.97 Å². The molecule has 0 radical (unpaired) electrons. The smallest absolute Gasteiger partial charge is 0.325 e.